The van der Waals surface area contributed by atoms with Crippen LogP contribution < -0.4 is 20.9 Å². The van der Waals surface area contributed by atoms with Crippen LogP contribution >= 0.6 is 38.5 Å². The van der Waals surface area contributed by atoms with Gasteiger partial charge in [0.25, 0.3) is 0 Å². The van der Waals surface area contributed by atoms with Gasteiger partial charge >= 0.3 is 12.4 Å². The molecule has 26 heteroatoms. The minimum absolute atomic E-state index is 0.0149. The summed E-state index contributed by atoms with van der Waals surface area (Å²) in [5, 5.41) is 34.0. The van der Waals surface area contributed by atoms with E-state index < -0.39 is 43.5 Å². The van der Waals surface area contributed by atoms with Crippen molar-refractivity contribution in [2.45, 2.75) is 35.0 Å². The van der Waals surface area contributed by atoms with Crippen molar-refractivity contribution in [2.75, 3.05) is 36.9 Å². The molecule has 0 spiro atoms. The van der Waals surface area contributed by atoms with Gasteiger partial charge in [0.15, 0.2) is 22.9 Å². The quantitative estimate of drug-likeness (QED) is 0.0421. The van der Waals surface area contributed by atoms with Gasteiger partial charge < -0.3 is 20.8 Å². The Labute approximate surface area is 393 Å². The lowest BCUT2D eigenvalue weighted by molar-refractivity contribution is -0.138. The van der Waals surface area contributed by atoms with E-state index in [-0.39, 0.29) is 39.9 Å². The number of primary sulfonamides is 2. The lowest BCUT2D eigenvalue weighted by atomic mass is 10.1. The van der Waals surface area contributed by atoms with E-state index >= 15 is 0 Å². The Hall–Kier alpha value is -5.23. The fourth-order valence-electron chi connectivity index (χ4n) is 6.28. The summed E-state index contributed by atoms with van der Waals surface area (Å²) in [4.78, 5) is 17.2. The second-order valence-corrected chi connectivity index (χ2v) is 19.1. The molecule has 0 saturated carbocycles. The topological polar surface area (TPSA) is 245 Å². The van der Waals surface area contributed by atoms with Crippen LogP contribution in [-0.4, -0.2) is 82.1 Å². The molecule has 350 valence electrons. The van der Waals surface area contributed by atoms with Crippen molar-refractivity contribution in [3.63, 3.8) is 0 Å². The number of benzene rings is 4. The molecule has 8 aromatic rings. The summed E-state index contributed by atoms with van der Waals surface area (Å²) in [6, 6.07) is 18.8. The maximum atomic E-state index is 13.3. The van der Waals surface area contributed by atoms with Gasteiger partial charge in [-0.1, -0.05) is 34.1 Å². The predicted molar refractivity (Wildman–Crippen MR) is 246 cm³/mol. The number of aromatic nitrogens is 6. The number of fused-ring (bicyclic) bond motifs is 6. The molecule has 4 aromatic carbocycles. The van der Waals surface area contributed by atoms with E-state index in [0.717, 1.165) is 28.0 Å². The molecule has 0 bridgehead atoms. The van der Waals surface area contributed by atoms with Crippen LogP contribution in [0, 0.1) is 3.70 Å². The van der Waals surface area contributed by atoms with E-state index in [1.54, 1.807) is 33.2 Å². The average Bonchev–Trinajstić information content (AvgIpc) is 3.88. The van der Waals surface area contributed by atoms with Gasteiger partial charge in [0, 0.05) is 36.3 Å². The zero-order valence-electron chi connectivity index (χ0n) is 33.7. The summed E-state index contributed by atoms with van der Waals surface area (Å²) < 4.78 is 128. The summed E-state index contributed by atoms with van der Waals surface area (Å²) in [5.74, 6) is 0.632. The number of hydrogen-bond acceptors (Lipinski definition) is 12. The molecule has 0 aliphatic heterocycles. The summed E-state index contributed by atoms with van der Waals surface area (Å²) >= 11 is 5.21. The number of aliphatic hydroxyl groups is 2. The highest BCUT2D eigenvalue weighted by Gasteiger charge is 2.32. The lowest BCUT2D eigenvalue weighted by Crippen LogP contribution is -2.12. The second-order valence-electron chi connectivity index (χ2n) is 13.9. The molecule has 0 saturated heterocycles. The minimum Gasteiger partial charge on any atom is -0.396 e. The van der Waals surface area contributed by atoms with Crippen molar-refractivity contribution < 1.29 is 53.4 Å². The van der Waals surface area contributed by atoms with Crippen LogP contribution in [0.3, 0.4) is 0 Å². The number of rotatable bonds is 11. The fraction of sp³-hybridized carbons (Fsp3) is 0.200. The number of nitrogens with one attached hydrogen (secondary N) is 2. The van der Waals surface area contributed by atoms with E-state index in [0.29, 0.717) is 69.8 Å². The van der Waals surface area contributed by atoms with Gasteiger partial charge in [-0.25, -0.2) is 47.0 Å². The first kappa shape index (κ1) is 50.2. The number of alkyl halides is 6. The monoisotopic (exact) mass is 1140 g/mol. The number of halogens is 8. The van der Waals surface area contributed by atoms with Crippen LogP contribution in [0.2, 0.25) is 0 Å². The molecular formula is C40H36BrF6IN10O6S2. The molecule has 4 aromatic heterocycles. The van der Waals surface area contributed by atoms with Crippen molar-refractivity contribution in [3.05, 3.63) is 117 Å². The van der Waals surface area contributed by atoms with Gasteiger partial charge in [0.2, 0.25) is 20.0 Å². The molecular weight excluding hydrogens is 1100 g/mol. The fourth-order valence-corrected chi connectivity index (χ4v) is 8.57. The molecule has 0 atom stereocenters. The Kier molecular flexibility index (Phi) is 15.5. The SMILES string of the molecule is NS(=O)(=O)c1cccc(-c2cnc3c(NCCCO)nc4cc(C(F)(F)F)ccc4n23)c1.NS(=O)(=O)c1cccc(Br)c1.OCCCNc1nc2cc(C(F)(F)F)ccc2n2c(I)cnc12. The van der Waals surface area contributed by atoms with Crippen molar-refractivity contribution in [1.82, 2.24) is 28.7 Å². The van der Waals surface area contributed by atoms with Crippen LogP contribution in [-0.2, 0) is 32.4 Å². The zero-order chi connectivity index (χ0) is 48.2. The Balaban J connectivity index is 0.000000184. The highest BCUT2D eigenvalue weighted by molar-refractivity contribution is 14.1. The lowest BCUT2D eigenvalue weighted by Gasteiger charge is -2.13. The third kappa shape index (κ3) is 11.8. The molecule has 0 unspecified atom stereocenters. The largest absolute Gasteiger partial charge is 0.416 e. The molecule has 8 N–H and O–H groups in total. The zero-order valence-corrected chi connectivity index (χ0v) is 39.1. The maximum Gasteiger partial charge on any atom is 0.416 e. The van der Waals surface area contributed by atoms with Gasteiger partial charge in [-0.05, 0) is 102 Å². The standard InChI is InChI=1S/C20H18F3N5O3S.C14H12F3IN4O.C6H6BrNO2S/c21-20(22,23)13-5-6-16-15(10-13)27-18(25-7-2-8-29)19-26-11-17(28(16)19)12-3-1-4-14(9-12)32(24,30)31;15-14(16,17)8-2-3-10-9(6-8)21-12(19-4-1-5-23)13-20-7-11(18)22(10)13;7-5-2-1-3-6(4-5)11(8,9)10/h1,3-6,9-11,29H,2,7-8H2,(H,25,27)(H2,24,30,31);2-3,6-7,23H,1,4-5H2,(H,19,21);1-4H,(H2,8,9,10). The van der Waals surface area contributed by atoms with Crippen molar-refractivity contribution in [3.8, 4) is 11.3 Å². The second kappa shape index (κ2) is 20.3. The van der Waals surface area contributed by atoms with Crippen molar-refractivity contribution >= 4 is 104 Å². The third-order valence-electron chi connectivity index (χ3n) is 9.29. The van der Waals surface area contributed by atoms with Crippen LogP contribution in [0.4, 0.5) is 38.0 Å². The van der Waals surface area contributed by atoms with Gasteiger partial charge in [-0.2, -0.15) is 26.3 Å². The van der Waals surface area contributed by atoms with Gasteiger partial charge in [0.05, 0.1) is 61.1 Å². The Morgan fingerprint density at radius 3 is 1.59 bits per heavy atom. The Morgan fingerprint density at radius 2 is 1.12 bits per heavy atom. The third-order valence-corrected chi connectivity index (χ3v) is 12.4. The number of nitrogens with two attached hydrogens (primary N) is 2. The van der Waals surface area contributed by atoms with Gasteiger partial charge in [-0.15, -0.1) is 0 Å². The van der Waals surface area contributed by atoms with E-state index in [1.807, 2.05) is 0 Å². The maximum absolute atomic E-state index is 13.3. The number of nitrogens with zero attached hydrogens (tertiary/aromatic N) is 6. The van der Waals surface area contributed by atoms with Gasteiger partial charge in [0.1, 0.15) is 3.70 Å². The summed E-state index contributed by atoms with van der Waals surface area (Å²) in [7, 11) is -7.52. The van der Waals surface area contributed by atoms with Crippen molar-refractivity contribution in [2.24, 2.45) is 10.3 Å². The van der Waals surface area contributed by atoms with E-state index in [2.05, 4.69) is 69.1 Å². The molecule has 0 aliphatic rings. The number of aliphatic hydroxyl groups excluding tert-OH is 2. The van der Waals surface area contributed by atoms with Crippen molar-refractivity contribution in [1.29, 1.82) is 0 Å². The molecule has 16 nitrogen and oxygen atoms in total. The Bertz CT molecular complexity index is 3280. The normalized spacial score (nSPS) is 12.2. The number of sulfonamides is 2. The van der Waals surface area contributed by atoms with E-state index in [9.17, 15) is 43.2 Å². The highest BCUT2D eigenvalue weighted by atomic mass is 127. The average molecular weight is 1140 g/mol. The van der Waals surface area contributed by atoms with Crippen LogP contribution in [0.5, 0.6) is 0 Å². The molecule has 0 fully saturated rings. The number of imidazole rings is 2. The highest BCUT2D eigenvalue weighted by Crippen LogP contribution is 2.35. The Morgan fingerprint density at radius 1 is 0.652 bits per heavy atom. The first-order valence-electron chi connectivity index (χ1n) is 19.0. The number of hydrogen-bond donors (Lipinski definition) is 6. The molecule has 4 heterocycles. The summed E-state index contributed by atoms with van der Waals surface area (Å²) in [6.45, 7) is 0.718. The molecule has 0 aliphatic carbocycles. The summed E-state index contributed by atoms with van der Waals surface area (Å²) in [6.07, 6.45) is -4.95. The molecule has 0 radical (unpaired) electrons. The molecule has 66 heavy (non-hydrogen) atoms. The first-order chi connectivity index (χ1) is 31.0. The van der Waals surface area contributed by atoms with E-state index in [4.69, 9.17) is 20.5 Å². The number of anilines is 2. The van der Waals surface area contributed by atoms with Crippen LogP contribution in [0.1, 0.15) is 24.0 Å². The van der Waals surface area contributed by atoms with Gasteiger partial charge in [-0.3, -0.25) is 8.80 Å². The van der Waals surface area contributed by atoms with E-state index in [1.165, 1.54) is 48.7 Å². The summed E-state index contributed by atoms with van der Waals surface area (Å²) in [5.41, 5.74) is 1.41. The molecule has 8 rings (SSSR count). The van der Waals surface area contributed by atoms with Crippen LogP contribution in [0.15, 0.2) is 112 Å². The van der Waals surface area contributed by atoms with Crippen LogP contribution in [0.25, 0.3) is 44.6 Å². The minimum atomic E-state index is -4.54. The smallest absolute Gasteiger partial charge is 0.396 e. The molecule has 0 amide bonds. The predicted octanol–water partition coefficient (Wildman–Crippen LogP) is 7.41. The first-order valence-corrected chi connectivity index (χ1v) is 24.0.